The topological polar surface area (TPSA) is 161 Å². The van der Waals surface area contributed by atoms with E-state index in [0.717, 1.165) is 4.90 Å². The molecule has 3 aromatic rings. The van der Waals surface area contributed by atoms with Gasteiger partial charge in [0.05, 0.1) is 21.9 Å². The Morgan fingerprint density at radius 2 is 1.63 bits per heavy atom. The Bertz CT molecular complexity index is 1510. The fraction of sp³-hybridized carbons (Fsp3) is 0.160. The number of benzene rings is 3. The zero-order valence-corrected chi connectivity index (χ0v) is 21.3. The predicted molar refractivity (Wildman–Crippen MR) is 138 cm³/mol. The van der Waals surface area contributed by atoms with Crippen molar-refractivity contribution in [2.75, 3.05) is 11.4 Å². The molecule has 1 unspecified atom stereocenters. The highest BCUT2D eigenvalue weighted by atomic mass is 35.5. The number of anilines is 1. The normalized spacial score (nSPS) is 15.5. The molecule has 13 heteroatoms. The summed E-state index contributed by atoms with van der Waals surface area (Å²) in [5.74, 6) is -1.69. The molecule has 196 valence electrons. The maximum Gasteiger partial charge on any atom is 0.269 e. The van der Waals surface area contributed by atoms with Crippen LogP contribution in [0.5, 0.6) is 0 Å². The minimum Gasteiger partial charge on any atom is -0.326 e. The maximum atomic E-state index is 13.5. The first kappa shape index (κ1) is 26.9. The quantitative estimate of drug-likeness (QED) is 0.253. The molecule has 1 aliphatic rings. The molecule has 3 amide bonds. The van der Waals surface area contributed by atoms with Crippen LogP contribution in [0.2, 0.25) is 5.02 Å². The van der Waals surface area contributed by atoms with E-state index in [4.69, 9.17) is 16.7 Å². The van der Waals surface area contributed by atoms with Gasteiger partial charge in [0.2, 0.25) is 15.9 Å². The third kappa shape index (κ3) is 5.72. The summed E-state index contributed by atoms with van der Waals surface area (Å²) < 4.78 is 23.1. The summed E-state index contributed by atoms with van der Waals surface area (Å²) in [6.45, 7) is 0.00267. The van der Waals surface area contributed by atoms with E-state index in [1.54, 1.807) is 0 Å². The molecule has 0 aliphatic carbocycles. The van der Waals surface area contributed by atoms with Crippen molar-refractivity contribution >= 4 is 50.7 Å². The summed E-state index contributed by atoms with van der Waals surface area (Å²) in [7, 11) is -3.88. The number of non-ortho nitro benzene ring substituents is 1. The molecule has 0 spiro atoms. The van der Waals surface area contributed by atoms with Gasteiger partial charge in [-0.1, -0.05) is 23.7 Å². The van der Waals surface area contributed by atoms with Crippen LogP contribution in [0.1, 0.15) is 22.3 Å². The number of primary sulfonamides is 1. The van der Waals surface area contributed by atoms with Crippen LogP contribution < -0.4 is 10.0 Å². The van der Waals surface area contributed by atoms with Crippen molar-refractivity contribution in [3.05, 3.63) is 99.1 Å². The van der Waals surface area contributed by atoms with Gasteiger partial charge in [-0.15, -0.1) is 0 Å². The second kappa shape index (κ2) is 10.7. The number of amides is 3. The Kier molecular flexibility index (Phi) is 7.58. The van der Waals surface area contributed by atoms with Crippen molar-refractivity contribution in [1.29, 1.82) is 0 Å². The molecule has 0 radical (unpaired) electrons. The summed E-state index contributed by atoms with van der Waals surface area (Å²) in [6.07, 6.45) is -0.0347. The monoisotopic (exact) mass is 556 g/mol. The minimum absolute atomic E-state index is 0.00267. The van der Waals surface area contributed by atoms with Crippen molar-refractivity contribution in [2.24, 2.45) is 5.14 Å². The number of carbonyl (C=O) groups is 3. The number of nitrogens with two attached hydrogens (primary N) is 1. The first-order valence-electron chi connectivity index (χ1n) is 11.3. The predicted octanol–water partition coefficient (Wildman–Crippen LogP) is 2.91. The molecule has 0 aromatic heterocycles. The molecular formula is C25H21ClN4O7S. The Labute approximate surface area is 222 Å². The van der Waals surface area contributed by atoms with E-state index < -0.39 is 38.7 Å². The number of hydrogen-bond acceptors (Lipinski definition) is 7. The number of sulfonamides is 1. The lowest BCUT2D eigenvalue weighted by molar-refractivity contribution is -0.384. The van der Waals surface area contributed by atoms with Gasteiger partial charge in [-0.05, 0) is 60.5 Å². The zero-order chi connectivity index (χ0) is 27.6. The molecule has 1 saturated heterocycles. The van der Waals surface area contributed by atoms with Crippen molar-refractivity contribution in [3.8, 4) is 0 Å². The molecule has 38 heavy (non-hydrogen) atoms. The van der Waals surface area contributed by atoms with Crippen molar-refractivity contribution in [2.45, 2.75) is 23.8 Å². The second-order valence-corrected chi connectivity index (χ2v) is 10.5. The van der Waals surface area contributed by atoms with Crippen LogP contribution in [-0.4, -0.2) is 48.5 Å². The van der Waals surface area contributed by atoms with Crippen LogP contribution in [0, 0.1) is 10.1 Å². The number of imide groups is 1. The minimum atomic E-state index is -3.88. The zero-order valence-electron chi connectivity index (χ0n) is 19.7. The Hall–Kier alpha value is -4.13. The third-order valence-electron chi connectivity index (χ3n) is 6.06. The highest BCUT2D eigenvalue weighted by molar-refractivity contribution is 7.89. The van der Waals surface area contributed by atoms with Crippen LogP contribution in [0.15, 0.2) is 77.7 Å². The second-order valence-electron chi connectivity index (χ2n) is 8.51. The number of halogens is 1. The van der Waals surface area contributed by atoms with Crippen molar-refractivity contribution in [1.82, 2.24) is 4.90 Å². The van der Waals surface area contributed by atoms with Gasteiger partial charge in [0.15, 0.2) is 0 Å². The number of hydrogen-bond donors (Lipinski definition) is 1. The Balaban J connectivity index is 1.63. The Morgan fingerprint density at radius 1 is 1.03 bits per heavy atom. The lowest BCUT2D eigenvalue weighted by atomic mass is 10.1. The Morgan fingerprint density at radius 3 is 2.18 bits per heavy atom. The molecule has 1 aliphatic heterocycles. The SMILES string of the molecule is NS(=O)(=O)c1ccc(CCN(C(=O)c2ccc([N+](=O)[O-])cc2)C2CC(=O)N(c3ccc(Cl)cc3)C2=O)cc1. The van der Waals surface area contributed by atoms with Gasteiger partial charge in [-0.3, -0.25) is 24.5 Å². The fourth-order valence-electron chi connectivity index (χ4n) is 4.11. The van der Waals surface area contributed by atoms with Crippen molar-refractivity contribution < 1.29 is 27.7 Å². The maximum absolute atomic E-state index is 13.5. The lowest BCUT2D eigenvalue weighted by Crippen LogP contribution is -2.46. The van der Waals surface area contributed by atoms with Gasteiger partial charge in [-0.2, -0.15) is 0 Å². The summed E-state index contributed by atoms with van der Waals surface area (Å²) in [5, 5.41) is 16.6. The molecule has 11 nitrogen and oxygen atoms in total. The number of nitro groups is 1. The molecule has 2 N–H and O–H groups in total. The third-order valence-corrected chi connectivity index (χ3v) is 7.24. The molecule has 4 rings (SSSR count). The molecule has 1 heterocycles. The molecule has 1 atom stereocenters. The van der Waals surface area contributed by atoms with E-state index in [2.05, 4.69) is 0 Å². The molecule has 0 saturated carbocycles. The van der Waals surface area contributed by atoms with E-state index in [-0.39, 0.29) is 35.5 Å². The van der Waals surface area contributed by atoms with Crippen LogP contribution in [0.3, 0.4) is 0 Å². The standard InChI is InChI=1S/C25H21ClN4O7S/c26-18-5-9-19(10-6-18)29-23(31)15-22(25(29)33)28(24(32)17-3-7-20(8-4-17)30(34)35)14-13-16-1-11-21(12-2-16)38(27,36)37/h1-12,22H,13-15H2,(H2,27,36,37). The highest BCUT2D eigenvalue weighted by Crippen LogP contribution is 2.28. The van der Waals surface area contributed by atoms with E-state index >= 15 is 0 Å². The summed E-state index contributed by atoms with van der Waals surface area (Å²) in [6, 6.07) is 15.7. The van der Waals surface area contributed by atoms with E-state index in [9.17, 15) is 32.9 Å². The summed E-state index contributed by atoms with van der Waals surface area (Å²) in [5.41, 5.74) is 0.868. The summed E-state index contributed by atoms with van der Waals surface area (Å²) in [4.78, 5) is 52.4. The largest absolute Gasteiger partial charge is 0.326 e. The van der Waals surface area contributed by atoms with Crippen molar-refractivity contribution in [3.63, 3.8) is 0 Å². The first-order valence-corrected chi connectivity index (χ1v) is 13.2. The number of nitrogens with zero attached hydrogens (tertiary/aromatic N) is 3. The van der Waals surface area contributed by atoms with Crippen LogP contribution in [-0.2, 0) is 26.0 Å². The fourth-order valence-corrected chi connectivity index (χ4v) is 4.75. The number of rotatable bonds is 8. The van der Waals surface area contributed by atoms with Crippen LogP contribution in [0.25, 0.3) is 0 Å². The average Bonchev–Trinajstić information content (AvgIpc) is 3.17. The van der Waals surface area contributed by atoms with Gasteiger partial charge in [0.1, 0.15) is 6.04 Å². The molecule has 3 aromatic carbocycles. The smallest absolute Gasteiger partial charge is 0.269 e. The highest BCUT2D eigenvalue weighted by Gasteiger charge is 2.44. The van der Waals surface area contributed by atoms with Crippen LogP contribution in [0.4, 0.5) is 11.4 Å². The van der Waals surface area contributed by atoms with Crippen LogP contribution >= 0.6 is 11.6 Å². The van der Waals surface area contributed by atoms with E-state index in [0.29, 0.717) is 16.3 Å². The van der Waals surface area contributed by atoms with Gasteiger partial charge in [0.25, 0.3) is 17.5 Å². The average molecular weight is 557 g/mol. The molecule has 1 fully saturated rings. The van der Waals surface area contributed by atoms with E-state index in [1.807, 2.05) is 0 Å². The van der Waals surface area contributed by atoms with Gasteiger partial charge >= 0.3 is 0 Å². The van der Waals surface area contributed by atoms with E-state index in [1.165, 1.54) is 77.7 Å². The number of carbonyl (C=O) groups excluding carboxylic acids is 3. The first-order chi connectivity index (χ1) is 18.0. The lowest BCUT2D eigenvalue weighted by Gasteiger charge is -2.28. The number of nitro benzene ring substituents is 1. The van der Waals surface area contributed by atoms with Gasteiger partial charge in [0, 0.05) is 29.3 Å². The summed E-state index contributed by atoms with van der Waals surface area (Å²) >= 11 is 5.92. The molecule has 0 bridgehead atoms. The molecular weight excluding hydrogens is 536 g/mol. The van der Waals surface area contributed by atoms with Gasteiger partial charge in [-0.25, -0.2) is 18.5 Å². The van der Waals surface area contributed by atoms with Gasteiger partial charge < -0.3 is 4.90 Å².